The average Bonchev–Trinajstić information content (AvgIpc) is 2.46. The lowest BCUT2D eigenvalue weighted by Crippen LogP contribution is -2.05. The van der Waals surface area contributed by atoms with E-state index in [1.807, 2.05) is 42.5 Å². The van der Waals surface area contributed by atoms with E-state index in [4.69, 9.17) is 15.2 Å². The van der Waals surface area contributed by atoms with Crippen LogP contribution in [-0.2, 0) is 13.2 Å². The lowest BCUT2D eigenvalue weighted by atomic mass is 10.1. The van der Waals surface area contributed by atoms with Crippen LogP contribution in [0.2, 0.25) is 0 Å². The van der Waals surface area contributed by atoms with Crippen LogP contribution in [0.25, 0.3) is 0 Å². The SMILES string of the molecule is COc1cc(Br)ccc1OCc1ccccc1CN. The summed E-state index contributed by atoms with van der Waals surface area (Å²) in [4.78, 5) is 0. The summed E-state index contributed by atoms with van der Waals surface area (Å²) in [5.74, 6) is 1.43. The standard InChI is InChI=1S/C15H16BrNO2/c1-18-15-8-13(16)6-7-14(15)19-10-12-5-3-2-4-11(12)9-17/h2-8H,9-10,17H2,1H3. The van der Waals surface area contributed by atoms with Gasteiger partial charge in [-0.2, -0.15) is 0 Å². The minimum absolute atomic E-state index is 0.478. The zero-order valence-electron chi connectivity index (χ0n) is 10.7. The van der Waals surface area contributed by atoms with Crippen molar-refractivity contribution in [3.63, 3.8) is 0 Å². The monoisotopic (exact) mass is 321 g/mol. The van der Waals surface area contributed by atoms with Crippen LogP contribution in [-0.4, -0.2) is 7.11 Å². The quantitative estimate of drug-likeness (QED) is 0.916. The molecular formula is C15H16BrNO2. The maximum atomic E-state index is 5.81. The Bertz CT molecular complexity index is 558. The summed E-state index contributed by atoms with van der Waals surface area (Å²) in [7, 11) is 1.63. The number of halogens is 1. The third kappa shape index (κ3) is 3.49. The highest BCUT2D eigenvalue weighted by Gasteiger charge is 2.06. The highest BCUT2D eigenvalue weighted by Crippen LogP contribution is 2.30. The molecule has 0 aliphatic heterocycles. The van der Waals surface area contributed by atoms with Crippen molar-refractivity contribution in [1.82, 2.24) is 0 Å². The van der Waals surface area contributed by atoms with E-state index in [0.29, 0.717) is 18.9 Å². The van der Waals surface area contributed by atoms with Crippen LogP contribution >= 0.6 is 15.9 Å². The van der Waals surface area contributed by atoms with Crippen LogP contribution in [0.1, 0.15) is 11.1 Å². The molecule has 2 rings (SSSR count). The van der Waals surface area contributed by atoms with Gasteiger partial charge in [-0.3, -0.25) is 0 Å². The second-order valence-corrected chi connectivity index (χ2v) is 4.97. The molecule has 2 N–H and O–H groups in total. The summed E-state index contributed by atoms with van der Waals surface area (Å²) in [6, 6.07) is 13.7. The predicted octanol–water partition coefficient (Wildman–Crippen LogP) is 3.50. The summed E-state index contributed by atoms with van der Waals surface area (Å²) >= 11 is 3.40. The van der Waals surface area contributed by atoms with Crippen LogP contribution in [0.4, 0.5) is 0 Å². The molecule has 0 aliphatic rings. The molecule has 100 valence electrons. The summed E-state index contributed by atoms with van der Waals surface area (Å²) in [6.07, 6.45) is 0. The minimum atomic E-state index is 0.478. The van der Waals surface area contributed by atoms with Crippen molar-refractivity contribution in [2.24, 2.45) is 5.73 Å². The Morgan fingerprint density at radius 2 is 1.79 bits per heavy atom. The van der Waals surface area contributed by atoms with E-state index in [9.17, 15) is 0 Å². The van der Waals surface area contributed by atoms with E-state index in [-0.39, 0.29) is 0 Å². The van der Waals surface area contributed by atoms with Crippen molar-refractivity contribution in [3.8, 4) is 11.5 Å². The van der Waals surface area contributed by atoms with Gasteiger partial charge in [0.25, 0.3) is 0 Å². The lowest BCUT2D eigenvalue weighted by molar-refractivity contribution is 0.283. The highest BCUT2D eigenvalue weighted by atomic mass is 79.9. The molecule has 3 nitrogen and oxygen atoms in total. The molecule has 19 heavy (non-hydrogen) atoms. The van der Waals surface area contributed by atoms with Gasteiger partial charge in [-0.15, -0.1) is 0 Å². The third-order valence-electron chi connectivity index (χ3n) is 2.85. The predicted molar refractivity (Wildman–Crippen MR) is 79.4 cm³/mol. The second-order valence-electron chi connectivity index (χ2n) is 4.06. The molecule has 0 atom stereocenters. The first-order chi connectivity index (χ1) is 9.24. The Kier molecular flexibility index (Phi) is 4.82. The first-order valence-electron chi connectivity index (χ1n) is 5.97. The van der Waals surface area contributed by atoms with Gasteiger partial charge in [0.05, 0.1) is 7.11 Å². The fourth-order valence-electron chi connectivity index (χ4n) is 1.81. The van der Waals surface area contributed by atoms with Gasteiger partial charge in [-0.1, -0.05) is 40.2 Å². The molecule has 4 heteroatoms. The van der Waals surface area contributed by atoms with Gasteiger partial charge in [0.15, 0.2) is 11.5 Å². The van der Waals surface area contributed by atoms with E-state index < -0.39 is 0 Å². The molecule has 0 bridgehead atoms. The molecule has 0 amide bonds. The maximum Gasteiger partial charge on any atom is 0.161 e. The van der Waals surface area contributed by atoms with E-state index in [0.717, 1.165) is 21.3 Å². The molecule has 0 unspecified atom stereocenters. The van der Waals surface area contributed by atoms with Gasteiger partial charge < -0.3 is 15.2 Å². The van der Waals surface area contributed by atoms with Gasteiger partial charge in [0.2, 0.25) is 0 Å². The van der Waals surface area contributed by atoms with E-state index in [2.05, 4.69) is 15.9 Å². The Hall–Kier alpha value is -1.52. The molecule has 0 spiro atoms. The van der Waals surface area contributed by atoms with E-state index in [1.165, 1.54) is 0 Å². The van der Waals surface area contributed by atoms with E-state index in [1.54, 1.807) is 7.11 Å². The molecule has 0 saturated heterocycles. The first kappa shape index (κ1) is 13.9. The van der Waals surface area contributed by atoms with Crippen LogP contribution in [0.5, 0.6) is 11.5 Å². The van der Waals surface area contributed by atoms with Crippen LogP contribution in [0.15, 0.2) is 46.9 Å². The third-order valence-corrected chi connectivity index (χ3v) is 3.34. The van der Waals surface area contributed by atoms with Gasteiger partial charge in [-0.25, -0.2) is 0 Å². The largest absolute Gasteiger partial charge is 0.493 e. The smallest absolute Gasteiger partial charge is 0.161 e. The lowest BCUT2D eigenvalue weighted by Gasteiger charge is -2.12. The fourth-order valence-corrected chi connectivity index (χ4v) is 2.15. The number of hydrogen-bond donors (Lipinski definition) is 1. The Labute approximate surface area is 121 Å². The van der Waals surface area contributed by atoms with Crippen molar-refractivity contribution in [2.75, 3.05) is 7.11 Å². The van der Waals surface area contributed by atoms with Crippen molar-refractivity contribution in [1.29, 1.82) is 0 Å². The summed E-state index contributed by atoms with van der Waals surface area (Å²) in [6.45, 7) is 0.988. The van der Waals surface area contributed by atoms with Gasteiger partial charge in [0, 0.05) is 11.0 Å². The number of nitrogens with two attached hydrogens (primary N) is 1. The Morgan fingerprint density at radius 1 is 1.05 bits per heavy atom. The van der Waals surface area contributed by atoms with Gasteiger partial charge >= 0.3 is 0 Å². The Morgan fingerprint density at radius 3 is 2.47 bits per heavy atom. The van der Waals surface area contributed by atoms with Gasteiger partial charge in [-0.05, 0) is 29.3 Å². The molecule has 2 aromatic carbocycles. The fraction of sp³-hybridized carbons (Fsp3) is 0.200. The molecule has 2 aromatic rings. The van der Waals surface area contributed by atoms with Crippen molar-refractivity contribution < 1.29 is 9.47 Å². The van der Waals surface area contributed by atoms with Crippen molar-refractivity contribution >= 4 is 15.9 Å². The van der Waals surface area contributed by atoms with E-state index >= 15 is 0 Å². The Balaban J connectivity index is 2.14. The number of benzene rings is 2. The zero-order valence-corrected chi connectivity index (χ0v) is 12.3. The number of ether oxygens (including phenoxy) is 2. The van der Waals surface area contributed by atoms with Gasteiger partial charge in [0.1, 0.15) is 6.61 Å². The minimum Gasteiger partial charge on any atom is -0.493 e. The number of hydrogen-bond acceptors (Lipinski definition) is 3. The normalized spacial score (nSPS) is 10.3. The molecule has 0 fully saturated rings. The number of rotatable bonds is 5. The molecule has 0 heterocycles. The summed E-state index contributed by atoms with van der Waals surface area (Å²) < 4.78 is 12.1. The molecular weight excluding hydrogens is 306 g/mol. The molecule has 0 aliphatic carbocycles. The number of methoxy groups -OCH3 is 1. The molecule has 0 radical (unpaired) electrons. The maximum absolute atomic E-state index is 5.81. The van der Waals surface area contributed by atoms with Crippen LogP contribution < -0.4 is 15.2 Å². The average molecular weight is 322 g/mol. The van der Waals surface area contributed by atoms with Crippen molar-refractivity contribution in [2.45, 2.75) is 13.2 Å². The zero-order chi connectivity index (χ0) is 13.7. The van der Waals surface area contributed by atoms with Crippen LogP contribution in [0, 0.1) is 0 Å². The molecule has 0 saturated carbocycles. The summed E-state index contributed by atoms with van der Waals surface area (Å²) in [5.41, 5.74) is 7.90. The van der Waals surface area contributed by atoms with Crippen molar-refractivity contribution in [3.05, 3.63) is 58.1 Å². The molecule has 0 aromatic heterocycles. The highest BCUT2D eigenvalue weighted by molar-refractivity contribution is 9.10. The summed E-state index contributed by atoms with van der Waals surface area (Å²) in [5, 5.41) is 0. The second kappa shape index (κ2) is 6.59. The van der Waals surface area contributed by atoms with Crippen LogP contribution in [0.3, 0.4) is 0 Å². The first-order valence-corrected chi connectivity index (χ1v) is 6.77. The topological polar surface area (TPSA) is 44.5 Å².